The smallest absolute Gasteiger partial charge is 0.228 e. The molecule has 1 aliphatic heterocycles. The summed E-state index contributed by atoms with van der Waals surface area (Å²) in [5.41, 5.74) is 9.19. The third-order valence-corrected chi connectivity index (χ3v) is 4.34. The topological polar surface area (TPSA) is 108 Å². The number of rotatable bonds is 4. The van der Waals surface area contributed by atoms with Crippen molar-refractivity contribution in [2.24, 2.45) is 0 Å². The Kier molecular flexibility index (Phi) is 4.21. The van der Waals surface area contributed by atoms with Gasteiger partial charge in [0.25, 0.3) is 0 Å². The summed E-state index contributed by atoms with van der Waals surface area (Å²) >= 11 is 0. The quantitative estimate of drug-likeness (QED) is 0.754. The van der Waals surface area contributed by atoms with Gasteiger partial charge < -0.3 is 15.4 Å². The molecule has 1 aliphatic rings. The van der Waals surface area contributed by atoms with E-state index in [2.05, 4.69) is 26.4 Å². The molecule has 9 nitrogen and oxygen atoms in total. The zero-order valence-electron chi connectivity index (χ0n) is 14.6. The molecular weight excluding hydrogens is 332 g/mol. The molecule has 4 rings (SSSR count). The molecule has 0 aliphatic carbocycles. The van der Waals surface area contributed by atoms with Crippen LogP contribution in [-0.2, 0) is 4.74 Å². The SMILES string of the molecule is C=C(CC)n1cnc2c(-c3cnc(N)cn3)nc(N3CCOCC3)nc21. The average Bonchev–Trinajstić information content (AvgIpc) is 3.12. The molecule has 4 heterocycles. The highest BCUT2D eigenvalue weighted by atomic mass is 16.5. The van der Waals surface area contributed by atoms with E-state index in [-0.39, 0.29) is 0 Å². The maximum absolute atomic E-state index is 5.67. The van der Waals surface area contributed by atoms with E-state index >= 15 is 0 Å². The Hall–Kier alpha value is -3.07. The van der Waals surface area contributed by atoms with Crippen molar-refractivity contribution in [2.75, 3.05) is 36.9 Å². The molecule has 9 heteroatoms. The molecule has 0 aromatic carbocycles. The van der Waals surface area contributed by atoms with Gasteiger partial charge in [0.2, 0.25) is 5.95 Å². The van der Waals surface area contributed by atoms with Crippen molar-refractivity contribution in [2.45, 2.75) is 13.3 Å². The van der Waals surface area contributed by atoms with Crippen LogP contribution >= 0.6 is 0 Å². The second-order valence-corrected chi connectivity index (χ2v) is 6.00. The van der Waals surface area contributed by atoms with E-state index in [9.17, 15) is 0 Å². The van der Waals surface area contributed by atoms with Crippen LogP contribution < -0.4 is 10.6 Å². The zero-order valence-corrected chi connectivity index (χ0v) is 14.6. The Morgan fingerprint density at radius 3 is 2.69 bits per heavy atom. The summed E-state index contributed by atoms with van der Waals surface area (Å²) in [6.45, 7) is 8.93. The summed E-state index contributed by atoms with van der Waals surface area (Å²) in [6.07, 6.45) is 5.63. The number of anilines is 2. The number of aromatic nitrogens is 6. The van der Waals surface area contributed by atoms with Gasteiger partial charge in [-0.2, -0.15) is 4.98 Å². The van der Waals surface area contributed by atoms with Gasteiger partial charge in [-0.05, 0) is 6.42 Å². The molecule has 1 saturated heterocycles. The summed E-state index contributed by atoms with van der Waals surface area (Å²) < 4.78 is 7.33. The van der Waals surface area contributed by atoms with E-state index in [1.165, 1.54) is 6.20 Å². The largest absolute Gasteiger partial charge is 0.382 e. The van der Waals surface area contributed by atoms with Gasteiger partial charge in [0.1, 0.15) is 29.0 Å². The molecule has 2 N–H and O–H groups in total. The summed E-state index contributed by atoms with van der Waals surface area (Å²) in [7, 11) is 0. The van der Waals surface area contributed by atoms with E-state index < -0.39 is 0 Å². The fourth-order valence-corrected chi connectivity index (χ4v) is 2.83. The minimum absolute atomic E-state index is 0.359. The maximum Gasteiger partial charge on any atom is 0.228 e. The predicted molar refractivity (Wildman–Crippen MR) is 99.4 cm³/mol. The van der Waals surface area contributed by atoms with Crippen LogP contribution in [0.1, 0.15) is 13.3 Å². The standard InChI is InChI=1S/C17H20N8O/c1-3-11(2)25-10-21-15-14(12-8-20-13(18)9-19-12)22-17(23-16(15)25)24-4-6-26-7-5-24/h8-10H,2-7H2,1H3,(H2,18,20). The molecule has 0 bridgehead atoms. The van der Waals surface area contributed by atoms with E-state index in [1.807, 2.05) is 11.5 Å². The third kappa shape index (κ3) is 2.86. The number of morpholine rings is 1. The second-order valence-electron chi connectivity index (χ2n) is 6.00. The third-order valence-electron chi connectivity index (χ3n) is 4.34. The maximum atomic E-state index is 5.67. The number of imidazole rings is 1. The fourth-order valence-electron chi connectivity index (χ4n) is 2.83. The van der Waals surface area contributed by atoms with Gasteiger partial charge in [0.15, 0.2) is 5.65 Å². The molecule has 0 amide bonds. The van der Waals surface area contributed by atoms with Gasteiger partial charge in [-0.15, -0.1) is 0 Å². The number of hydrogen-bond acceptors (Lipinski definition) is 8. The minimum atomic E-state index is 0.359. The van der Waals surface area contributed by atoms with Gasteiger partial charge in [-0.1, -0.05) is 13.5 Å². The Balaban J connectivity index is 1.91. The average molecular weight is 352 g/mol. The van der Waals surface area contributed by atoms with Crippen molar-refractivity contribution >= 4 is 28.6 Å². The Labute approximate surface area is 150 Å². The molecule has 0 unspecified atom stereocenters. The molecule has 134 valence electrons. The van der Waals surface area contributed by atoms with Gasteiger partial charge in [0.05, 0.1) is 25.6 Å². The number of allylic oxidation sites excluding steroid dienone is 1. The molecule has 26 heavy (non-hydrogen) atoms. The first-order valence-corrected chi connectivity index (χ1v) is 8.51. The van der Waals surface area contributed by atoms with Crippen LogP contribution in [0.3, 0.4) is 0 Å². The summed E-state index contributed by atoms with van der Waals surface area (Å²) in [5.74, 6) is 0.984. The first-order valence-electron chi connectivity index (χ1n) is 8.51. The normalized spacial score (nSPS) is 14.7. The lowest BCUT2D eigenvalue weighted by Gasteiger charge is -2.27. The van der Waals surface area contributed by atoms with Crippen molar-refractivity contribution in [1.82, 2.24) is 29.5 Å². The lowest BCUT2D eigenvalue weighted by atomic mass is 10.2. The van der Waals surface area contributed by atoms with Crippen LogP contribution in [0.25, 0.3) is 28.2 Å². The number of nitrogens with two attached hydrogens (primary N) is 1. The van der Waals surface area contributed by atoms with Gasteiger partial charge in [0, 0.05) is 18.8 Å². The van der Waals surface area contributed by atoms with Crippen LogP contribution in [0.2, 0.25) is 0 Å². The molecular formula is C17H20N8O. The summed E-state index contributed by atoms with van der Waals surface area (Å²) in [5, 5.41) is 0. The van der Waals surface area contributed by atoms with Crippen molar-refractivity contribution in [3.8, 4) is 11.4 Å². The van der Waals surface area contributed by atoms with Crippen LogP contribution in [0.5, 0.6) is 0 Å². The van der Waals surface area contributed by atoms with E-state index in [0.717, 1.165) is 25.2 Å². The number of hydrogen-bond donors (Lipinski definition) is 1. The first kappa shape index (κ1) is 16.4. The first-order chi connectivity index (χ1) is 12.7. The lowest BCUT2D eigenvalue weighted by Crippen LogP contribution is -2.37. The minimum Gasteiger partial charge on any atom is -0.382 e. The van der Waals surface area contributed by atoms with Crippen molar-refractivity contribution in [3.63, 3.8) is 0 Å². The monoisotopic (exact) mass is 352 g/mol. The Bertz CT molecular complexity index is 943. The van der Waals surface area contributed by atoms with Crippen LogP contribution in [0.15, 0.2) is 25.3 Å². The Morgan fingerprint density at radius 2 is 2.00 bits per heavy atom. The van der Waals surface area contributed by atoms with Crippen LogP contribution in [0, 0.1) is 0 Å². The molecule has 0 saturated carbocycles. The van der Waals surface area contributed by atoms with Gasteiger partial charge in [-0.25, -0.2) is 19.9 Å². The fraction of sp³-hybridized carbons (Fsp3) is 0.353. The second kappa shape index (κ2) is 6.68. The van der Waals surface area contributed by atoms with E-state index in [0.29, 0.717) is 47.5 Å². The lowest BCUT2D eigenvalue weighted by molar-refractivity contribution is 0.122. The van der Waals surface area contributed by atoms with E-state index in [1.54, 1.807) is 12.5 Å². The summed E-state index contributed by atoms with van der Waals surface area (Å²) in [4.78, 5) is 24.6. The van der Waals surface area contributed by atoms with Crippen LogP contribution in [0.4, 0.5) is 11.8 Å². The molecule has 0 radical (unpaired) electrons. The highest BCUT2D eigenvalue weighted by molar-refractivity contribution is 5.88. The van der Waals surface area contributed by atoms with Crippen LogP contribution in [-0.4, -0.2) is 55.8 Å². The highest BCUT2D eigenvalue weighted by Gasteiger charge is 2.21. The Morgan fingerprint density at radius 1 is 1.19 bits per heavy atom. The van der Waals surface area contributed by atoms with Crippen molar-refractivity contribution < 1.29 is 4.74 Å². The number of nitrogens with zero attached hydrogens (tertiary/aromatic N) is 7. The molecule has 3 aromatic rings. The number of nitrogen functional groups attached to an aromatic ring is 1. The summed E-state index contributed by atoms with van der Waals surface area (Å²) in [6, 6.07) is 0. The highest BCUT2D eigenvalue weighted by Crippen LogP contribution is 2.28. The van der Waals surface area contributed by atoms with Gasteiger partial charge >= 0.3 is 0 Å². The van der Waals surface area contributed by atoms with Crippen molar-refractivity contribution in [3.05, 3.63) is 25.3 Å². The number of fused-ring (bicyclic) bond motifs is 1. The predicted octanol–water partition coefficient (Wildman–Crippen LogP) is 1.58. The van der Waals surface area contributed by atoms with Crippen molar-refractivity contribution in [1.29, 1.82) is 0 Å². The van der Waals surface area contributed by atoms with E-state index in [4.69, 9.17) is 20.4 Å². The number of ether oxygens (including phenoxy) is 1. The van der Waals surface area contributed by atoms with Gasteiger partial charge in [-0.3, -0.25) is 4.57 Å². The molecule has 1 fully saturated rings. The molecule has 3 aromatic heterocycles. The molecule has 0 spiro atoms. The zero-order chi connectivity index (χ0) is 18.1. The molecule has 0 atom stereocenters.